The fourth-order valence-electron chi connectivity index (χ4n) is 4.46. The SMILES string of the molecule is [c]1cnc2c(c1)CN(C(c1ccccc1)(c1ccccc1)c1ccccc1)C2. The van der Waals surface area contributed by atoms with Crippen molar-refractivity contribution in [2.24, 2.45) is 0 Å². The first kappa shape index (κ1) is 16.9. The molecule has 5 rings (SSSR count). The summed E-state index contributed by atoms with van der Waals surface area (Å²) >= 11 is 0. The van der Waals surface area contributed by atoms with Gasteiger partial charge in [0.05, 0.1) is 11.2 Å². The van der Waals surface area contributed by atoms with E-state index in [2.05, 4.69) is 113 Å². The van der Waals surface area contributed by atoms with Crippen molar-refractivity contribution in [3.63, 3.8) is 0 Å². The highest BCUT2D eigenvalue weighted by Gasteiger charge is 2.44. The highest BCUT2D eigenvalue weighted by molar-refractivity contribution is 5.50. The summed E-state index contributed by atoms with van der Waals surface area (Å²) in [5, 5.41) is 0. The Hall–Kier alpha value is -3.23. The molecule has 0 atom stereocenters. The summed E-state index contributed by atoms with van der Waals surface area (Å²) in [5.74, 6) is 0. The van der Waals surface area contributed by atoms with Crippen molar-refractivity contribution < 1.29 is 0 Å². The molecule has 2 heteroatoms. The quantitative estimate of drug-likeness (QED) is 0.465. The number of fused-ring (bicyclic) bond motifs is 1. The molecule has 0 saturated heterocycles. The number of rotatable bonds is 4. The second-order valence-corrected chi connectivity index (χ2v) is 7.21. The largest absolute Gasteiger partial charge is 0.276 e. The minimum atomic E-state index is -0.384. The van der Waals surface area contributed by atoms with Gasteiger partial charge in [-0.3, -0.25) is 9.88 Å². The van der Waals surface area contributed by atoms with E-state index in [-0.39, 0.29) is 5.54 Å². The van der Waals surface area contributed by atoms with Crippen LogP contribution in [-0.4, -0.2) is 9.88 Å². The summed E-state index contributed by atoms with van der Waals surface area (Å²) in [7, 11) is 0. The molecule has 1 aromatic heterocycles. The second-order valence-electron chi connectivity index (χ2n) is 7.21. The van der Waals surface area contributed by atoms with Crippen LogP contribution in [0.3, 0.4) is 0 Å². The van der Waals surface area contributed by atoms with Gasteiger partial charge in [-0.15, -0.1) is 0 Å². The molecule has 0 unspecified atom stereocenters. The van der Waals surface area contributed by atoms with Crippen LogP contribution >= 0.6 is 0 Å². The lowest BCUT2D eigenvalue weighted by Gasteiger charge is -2.43. The zero-order chi connectivity index (χ0) is 18.8. The Morgan fingerprint density at radius 3 is 1.64 bits per heavy atom. The van der Waals surface area contributed by atoms with Gasteiger partial charge in [0.25, 0.3) is 0 Å². The smallest absolute Gasteiger partial charge is 0.0979 e. The third kappa shape index (κ3) is 2.65. The van der Waals surface area contributed by atoms with E-state index in [1.165, 1.54) is 22.3 Å². The Morgan fingerprint density at radius 2 is 1.18 bits per heavy atom. The third-order valence-electron chi connectivity index (χ3n) is 5.67. The molecule has 0 fully saturated rings. The Balaban J connectivity index is 1.79. The predicted molar refractivity (Wildman–Crippen MR) is 112 cm³/mol. The first-order chi connectivity index (χ1) is 13.9. The monoisotopic (exact) mass is 361 g/mol. The van der Waals surface area contributed by atoms with Crippen LogP contribution < -0.4 is 0 Å². The summed E-state index contributed by atoms with van der Waals surface area (Å²) < 4.78 is 0. The molecule has 0 saturated carbocycles. The molecule has 0 amide bonds. The maximum absolute atomic E-state index is 4.61. The summed E-state index contributed by atoms with van der Waals surface area (Å²) in [6, 6.07) is 37.7. The number of benzene rings is 3. The molecule has 2 heterocycles. The van der Waals surface area contributed by atoms with Crippen molar-refractivity contribution in [2.75, 3.05) is 0 Å². The first-order valence-electron chi connectivity index (χ1n) is 9.64. The van der Waals surface area contributed by atoms with Crippen LogP contribution in [0.15, 0.2) is 103 Å². The highest BCUT2D eigenvalue weighted by atomic mass is 15.2. The van der Waals surface area contributed by atoms with Gasteiger partial charge in [-0.25, -0.2) is 0 Å². The van der Waals surface area contributed by atoms with E-state index in [9.17, 15) is 0 Å². The van der Waals surface area contributed by atoms with Gasteiger partial charge >= 0.3 is 0 Å². The lowest BCUT2D eigenvalue weighted by molar-refractivity contribution is 0.156. The maximum Gasteiger partial charge on any atom is 0.0979 e. The molecule has 135 valence electrons. The standard InChI is InChI=1S/C26H21N2/c1-4-12-22(13-5-1)26(23-14-6-2-7-15-23,24-16-8-3-9-17-24)28-19-21-11-10-18-27-25(21)20-28/h1-9,11-18H,19-20H2. The summed E-state index contributed by atoms with van der Waals surface area (Å²) in [5.41, 5.74) is 5.82. The topological polar surface area (TPSA) is 16.1 Å². The van der Waals surface area contributed by atoms with Gasteiger partial charge in [-0.2, -0.15) is 0 Å². The molecule has 0 spiro atoms. The van der Waals surface area contributed by atoms with Crippen LogP contribution in [0, 0.1) is 6.07 Å². The molecule has 28 heavy (non-hydrogen) atoms. The van der Waals surface area contributed by atoms with Gasteiger partial charge in [0, 0.05) is 25.4 Å². The van der Waals surface area contributed by atoms with Gasteiger partial charge < -0.3 is 0 Å². The Labute approximate surface area is 166 Å². The number of nitrogens with zero attached hydrogens (tertiary/aromatic N) is 2. The van der Waals surface area contributed by atoms with Crippen LogP contribution in [0.2, 0.25) is 0 Å². The van der Waals surface area contributed by atoms with Crippen LogP contribution in [0.5, 0.6) is 0 Å². The molecule has 1 aliphatic rings. The number of aromatic nitrogens is 1. The number of pyridine rings is 1. The maximum atomic E-state index is 4.61. The van der Waals surface area contributed by atoms with Crippen molar-refractivity contribution in [3.05, 3.63) is 137 Å². The summed E-state index contributed by atoms with van der Waals surface area (Å²) in [4.78, 5) is 7.15. The molecule has 0 bridgehead atoms. The minimum absolute atomic E-state index is 0.384. The van der Waals surface area contributed by atoms with Crippen molar-refractivity contribution in [1.29, 1.82) is 0 Å². The van der Waals surface area contributed by atoms with E-state index in [1.54, 1.807) is 6.20 Å². The zero-order valence-electron chi connectivity index (χ0n) is 15.6. The van der Waals surface area contributed by atoms with E-state index in [0.717, 1.165) is 18.8 Å². The molecule has 1 radical (unpaired) electrons. The normalized spacial score (nSPS) is 14.0. The van der Waals surface area contributed by atoms with Crippen LogP contribution in [0.4, 0.5) is 0 Å². The van der Waals surface area contributed by atoms with Crippen molar-refractivity contribution >= 4 is 0 Å². The van der Waals surface area contributed by atoms with E-state index in [0.29, 0.717) is 0 Å². The van der Waals surface area contributed by atoms with Gasteiger partial charge in [0.1, 0.15) is 0 Å². The van der Waals surface area contributed by atoms with E-state index in [1.807, 2.05) is 0 Å². The van der Waals surface area contributed by atoms with Crippen molar-refractivity contribution in [2.45, 2.75) is 18.6 Å². The highest BCUT2D eigenvalue weighted by Crippen LogP contribution is 2.45. The Morgan fingerprint density at radius 1 is 0.679 bits per heavy atom. The predicted octanol–water partition coefficient (Wildman–Crippen LogP) is 5.19. The van der Waals surface area contributed by atoms with Gasteiger partial charge in [-0.1, -0.05) is 91.0 Å². The zero-order valence-corrected chi connectivity index (χ0v) is 15.6. The van der Waals surface area contributed by atoms with Gasteiger partial charge in [0.2, 0.25) is 0 Å². The van der Waals surface area contributed by atoms with E-state index < -0.39 is 0 Å². The van der Waals surface area contributed by atoms with Gasteiger partial charge in [-0.05, 0) is 28.3 Å². The molecule has 2 nitrogen and oxygen atoms in total. The molecule has 0 N–H and O–H groups in total. The minimum Gasteiger partial charge on any atom is -0.276 e. The number of hydrogen-bond acceptors (Lipinski definition) is 2. The third-order valence-corrected chi connectivity index (χ3v) is 5.67. The number of hydrogen-bond donors (Lipinski definition) is 0. The second kappa shape index (κ2) is 7.06. The molecule has 4 aromatic rings. The Kier molecular flexibility index (Phi) is 4.27. The lowest BCUT2D eigenvalue weighted by atomic mass is 9.75. The average molecular weight is 361 g/mol. The molecular formula is C26H21N2. The molecule has 3 aromatic carbocycles. The van der Waals surface area contributed by atoms with Crippen LogP contribution in [-0.2, 0) is 18.6 Å². The molecular weight excluding hydrogens is 340 g/mol. The fourth-order valence-corrected chi connectivity index (χ4v) is 4.46. The Bertz CT molecular complexity index is 937. The van der Waals surface area contributed by atoms with Crippen LogP contribution in [0.25, 0.3) is 0 Å². The molecule has 0 aliphatic carbocycles. The lowest BCUT2D eigenvalue weighted by Crippen LogP contribution is -2.45. The first-order valence-corrected chi connectivity index (χ1v) is 9.64. The summed E-state index contributed by atoms with van der Waals surface area (Å²) in [6.45, 7) is 1.65. The van der Waals surface area contributed by atoms with Crippen molar-refractivity contribution in [1.82, 2.24) is 9.88 Å². The fraction of sp³-hybridized carbons (Fsp3) is 0.115. The van der Waals surface area contributed by atoms with Crippen molar-refractivity contribution in [3.8, 4) is 0 Å². The van der Waals surface area contributed by atoms with E-state index >= 15 is 0 Å². The molecule has 1 aliphatic heterocycles. The van der Waals surface area contributed by atoms with E-state index in [4.69, 9.17) is 0 Å². The van der Waals surface area contributed by atoms with Gasteiger partial charge in [0.15, 0.2) is 0 Å². The van der Waals surface area contributed by atoms with Crippen LogP contribution in [0.1, 0.15) is 27.9 Å². The summed E-state index contributed by atoms with van der Waals surface area (Å²) in [6.07, 6.45) is 1.78. The average Bonchev–Trinajstić information content (AvgIpc) is 3.21.